The number of amidine groups is 1. The molecule has 170 valence electrons. The van der Waals surface area contributed by atoms with Crippen LogP contribution < -0.4 is 9.47 Å². The minimum atomic E-state index is -0.0757. The van der Waals surface area contributed by atoms with E-state index >= 15 is 0 Å². The van der Waals surface area contributed by atoms with Gasteiger partial charge in [-0.1, -0.05) is 18.2 Å². The molecule has 0 bridgehead atoms. The number of para-hydroxylation sites is 1. The Bertz CT molecular complexity index is 995. The molecule has 0 N–H and O–H groups in total. The van der Waals surface area contributed by atoms with E-state index in [-0.39, 0.29) is 5.91 Å². The first-order valence-electron chi connectivity index (χ1n) is 10.5. The second-order valence-electron chi connectivity index (χ2n) is 6.83. The number of benzene rings is 2. The molecule has 0 radical (unpaired) electrons. The molecule has 1 aliphatic heterocycles. The van der Waals surface area contributed by atoms with Gasteiger partial charge in [0, 0.05) is 31.9 Å². The molecule has 1 heterocycles. The number of rotatable bonds is 10. The number of amides is 1. The molecule has 2 aromatic carbocycles. The molecule has 1 aliphatic rings. The van der Waals surface area contributed by atoms with Crippen molar-refractivity contribution in [2.75, 3.05) is 33.5 Å². The molecular weight excluding hydrogens is 492 g/mol. The van der Waals surface area contributed by atoms with E-state index in [1.807, 2.05) is 62.4 Å². The van der Waals surface area contributed by atoms with Gasteiger partial charge in [-0.2, -0.15) is 0 Å². The smallest absolute Gasteiger partial charge is 0.266 e. The molecule has 32 heavy (non-hydrogen) atoms. The molecule has 2 aromatic rings. The molecule has 0 atom stereocenters. The standard InChI is InChI=1S/C24H27BrN2O4S/c1-4-30-20-16-21(31-5-2)19(25)14-17(20)15-22-23(28)27(12-9-13-29-3)24(32-22)26-18-10-7-6-8-11-18/h6-8,10-11,14-16H,4-5,9,12-13H2,1-3H3/b22-15-,26-24?. The summed E-state index contributed by atoms with van der Waals surface area (Å²) < 4.78 is 17.5. The monoisotopic (exact) mass is 518 g/mol. The summed E-state index contributed by atoms with van der Waals surface area (Å²) in [5.41, 5.74) is 1.61. The van der Waals surface area contributed by atoms with Crippen LogP contribution >= 0.6 is 27.7 Å². The van der Waals surface area contributed by atoms with Crippen molar-refractivity contribution in [2.45, 2.75) is 20.3 Å². The number of ether oxygens (including phenoxy) is 3. The molecule has 0 aromatic heterocycles. The molecule has 1 fully saturated rings. The fraction of sp³-hybridized carbons (Fsp3) is 0.333. The van der Waals surface area contributed by atoms with Crippen molar-refractivity contribution in [2.24, 2.45) is 4.99 Å². The Morgan fingerprint density at radius 3 is 2.50 bits per heavy atom. The van der Waals surface area contributed by atoms with Gasteiger partial charge in [-0.25, -0.2) is 4.99 Å². The molecule has 8 heteroatoms. The zero-order chi connectivity index (χ0) is 22.9. The molecule has 0 saturated carbocycles. The summed E-state index contributed by atoms with van der Waals surface area (Å²) in [4.78, 5) is 20.3. The highest BCUT2D eigenvalue weighted by molar-refractivity contribution is 9.10. The van der Waals surface area contributed by atoms with E-state index in [1.54, 1.807) is 12.0 Å². The number of methoxy groups -OCH3 is 1. The third-order valence-corrected chi connectivity index (χ3v) is 6.18. The van der Waals surface area contributed by atoms with Crippen LogP contribution in [-0.2, 0) is 9.53 Å². The lowest BCUT2D eigenvalue weighted by Crippen LogP contribution is -2.30. The Morgan fingerprint density at radius 1 is 1.09 bits per heavy atom. The summed E-state index contributed by atoms with van der Waals surface area (Å²) in [6, 6.07) is 13.4. The van der Waals surface area contributed by atoms with Gasteiger partial charge in [0.2, 0.25) is 0 Å². The van der Waals surface area contributed by atoms with Gasteiger partial charge in [-0.05, 0) is 72.2 Å². The van der Waals surface area contributed by atoms with Crippen LogP contribution in [0.1, 0.15) is 25.8 Å². The largest absolute Gasteiger partial charge is 0.493 e. The summed E-state index contributed by atoms with van der Waals surface area (Å²) in [6.07, 6.45) is 2.58. The second kappa shape index (κ2) is 12.1. The quantitative estimate of drug-likeness (QED) is 0.290. The van der Waals surface area contributed by atoms with Crippen LogP contribution in [0.4, 0.5) is 5.69 Å². The average Bonchev–Trinajstić information content (AvgIpc) is 3.07. The fourth-order valence-corrected chi connectivity index (χ4v) is 4.61. The maximum absolute atomic E-state index is 13.3. The van der Waals surface area contributed by atoms with Crippen LogP contribution in [0.15, 0.2) is 56.8 Å². The summed E-state index contributed by atoms with van der Waals surface area (Å²) >= 11 is 4.92. The third-order valence-electron chi connectivity index (χ3n) is 4.55. The molecule has 0 aliphatic carbocycles. The molecule has 0 spiro atoms. The van der Waals surface area contributed by atoms with Crippen molar-refractivity contribution in [3.05, 3.63) is 57.4 Å². The Balaban J connectivity index is 1.97. The SMILES string of the molecule is CCOc1cc(OCC)c(/C=C2\SC(=Nc3ccccc3)N(CCCOC)C2=O)cc1Br. The zero-order valence-electron chi connectivity index (χ0n) is 18.5. The van der Waals surface area contributed by atoms with E-state index in [0.717, 1.165) is 22.1 Å². The highest BCUT2D eigenvalue weighted by Gasteiger charge is 2.33. The highest BCUT2D eigenvalue weighted by Crippen LogP contribution is 2.39. The first kappa shape index (κ1) is 24.4. The van der Waals surface area contributed by atoms with Crippen molar-refractivity contribution >= 4 is 50.5 Å². The topological polar surface area (TPSA) is 60.4 Å². The molecule has 3 rings (SSSR count). The number of halogens is 1. The average molecular weight is 519 g/mol. The normalized spacial score (nSPS) is 16.2. The van der Waals surface area contributed by atoms with Crippen molar-refractivity contribution in [1.29, 1.82) is 0 Å². The number of hydrogen-bond acceptors (Lipinski definition) is 6. The van der Waals surface area contributed by atoms with Crippen LogP contribution in [0.25, 0.3) is 6.08 Å². The number of carbonyl (C=O) groups is 1. The maximum Gasteiger partial charge on any atom is 0.266 e. The summed E-state index contributed by atoms with van der Waals surface area (Å²) in [5.74, 6) is 1.30. The van der Waals surface area contributed by atoms with E-state index in [2.05, 4.69) is 15.9 Å². The number of nitrogens with zero attached hydrogens (tertiary/aromatic N) is 2. The van der Waals surface area contributed by atoms with Gasteiger partial charge >= 0.3 is 0 Å². The third kappa shape index (κ3) is 6.15. The van der Waals surface area contributed by atoms with E-state index < -0.39 is 0 Å². The van der Waals surface area contributed by atoms with Crippen molar-refractivity contribution in [3.8, 4) is 11.5 Å². The minimum Gasteiger partial charge on any atom is -0.493 e. The van der Waals surface area contributed by atoms with Gasteiger partial charge < -0.3 is 14.2 Å². The second-order valence-corrected chi connectivity index (χ2v) is 8.69. The highest BCUT2D eigenvalue weighted by atomic mass is 79.9. The Morgan fingerprint density at radius 2 is 1.81 bits per heavy atom. The fourth-order valence-electron chi connectivity index (χ4n) is 3.12. The van der Waals surface area contributed by atoms with E-state index in [9.17, 15) is 4.79 Å². The van der Waals surface area contributed by atoms with Crippen LogP contribution in [0.5, 0.6) is 11.5 Å². The molecule has 1 amide bonds. The Kier molecular flexibility index (Phi) is 9.20. The van der Waals surface area contributed by atoms with E-state index in [1.165, 1.54) is 11.8 Å². The first-order valence-corrected chi connectivity index (χ1v) is 12.1. The number of carbonyl (C=O) groups excluding carboxylic acids is 1. The molecule has 1 saturated heterocycles. The van der Waals surface area contributed by atoms with Crippen molar-refractivity contribution < 1.29 is 19.0 Å². The summed E-state index contributed by atoms with van der Waals surface area (Å²) in [6.45, 7) is 6.03. The summed E-state index contributed by atoms with van der Waals surface area (Å²) in [5, 5.41) is 0.659. The van der Waals surface area contributed by atoms with E-state index in [0.29, 0.717) is 47.9 Å². The Hall–Kier alpha value is -2.29. The number of hydrogen-bond donors (Lipinski definition) is 0. The van der Waals surface area contributed by atoms with Gasteiger partial charge in [0.05, 0.1) is 28.3 Å². The lowest BCUT2D eigenvalue weighted by molar-refractivity contribution is -0.122. The minimum absolute atomic E-state index is 0.0757. The van der Waals surface area contributed by atoms with Crippen LogP contribution in [-0.4, -0.2) is 49.4 Å². The van der Waals surface area contributed by atoms with Gasteiger partial charge in [-0.3, -0.25) is 9.69 Å². The van der Waals surface area contributed by atoms with Crippen LogP contribution in [0.3, 0.4) is 0 Å². The Labute approximate surface area is 201 Å². The maximum atomic E-state index is 13.3. The van der Waals surface area contributed by atoms with Crippen molar-refractivity contribution in [1.82, 2.24) is 4.90 Å². The van der Waals surface area contributed by atoms with Crippen LogP contribution in [0, 0.1) is 0 Å². The zero-order valence-corrected chi connectivity index (χ0v) is 20.9. The lowest BCUT2D eigenvalue weighted by atomic mass is 10.1. The van der Waals surface area contributed by atoms with Gasteiger partial charge in [0.1, 0.15) is 11.5 Å². The van der Waals surface area contributed by atoms with Crippen LogP contribution in [0.2, 0.25) is 0 Å². The predicted molar refractivity (Wildman–Crippen MR) is 134 cm³/mol. The molecule has 6 nitrogen and oxygen atoms in total. The van der Waals surface area contributed by atoms with E-state index in [4.69, 9.17) is 19.2 Å². The predicted octanol–water partition coefficient (Wildman–Crippen LogP) is 5.89. The summed E-state index contributed by atoms with van der Waals surface area (Å²) in [7, 11) is 1.66. The van der Waals surface area contributed by atoms with Gasteiger partial charge in [0.25, 0.3) is 5.91 Å². The number of thioether (sulfide) groups is 1. The van der Waals surface area contributed by atoms with Gasteiger partial charge in [0.15, 0.2) is 5.17 Å². The first-order chi connectivity index (χ1) is 15.6. The van der Waals surface area contributed by atoms with Crippen molar-refractivity contribution in [3.63, 3.8) is 0 Å². The number of aliphatic imine (C=N–C) groups is 1. The van der Waals surface area contributed by atoms with Gasteiger partial charge in [-0.15, -0.1) is 0 Å². The molecule has 0 unspecified atom stereocenters. The molecular formula is C24H27BrN2O4S. The lowest BCUT2D eigenvalue weighted by Gasteiger charge is -2.15.